The van der Waals surface area contributed by atoms with Gasteiger partial charge in [-0.2, -0.15) is 0 Å². The minimum atomic E-state index is -0.902. The number of halogens is 2. The smallest absolute Gasteiger partial charge is 0.317 e. The zero-order valence-corrected chi connectivity index (χ0v) is 14.7. The van der Waals surface area contributed by atoms with Crippen LogP contribution in [0, 0.1) is 11.2 Å². The molecular formula is C16H20BrFN2O3. The first kappa shape index (κ1) is 17.7. The first-order valence-electron chi connectivity index (χ1n) is 7.50. The summed E-state index contributed by atoms with van der Waals surface area (Å²) < 4.78 is 14.1. The molecule has 1 heterocycles. The van der Waals surface area contributed by atoms with Crippen LogP contribution in [0.25, 0.3) is 0 Å². The highest BCUT2D eigenvalue weighted by Gasteiger charge is 2.42. The molecule has 2 unspecified atom stereocenters. The molecule has 1 saturated heterocycles. The number of nitrogens with one attached hydrogen (secondary N) is 1. The van der Waals surface area contributed by atoms with E-state index in [0.29, 0.717) is 29.4 Å². The van der Waals surface area contributed by atoms with E-state index >= 15 is 0 Å². The van der Waals surface area contributed by atoms with Crippen LogP contribution in [0.2, 0.25) is 0 Å². The molecule has 1 fully saturated rings. The number of urea groups is 1. The molecule has 2 rings (SSSR count). The molecule has 5 nitrogen and oxygen atoms in total. The number of amides is 2. The van der Waals surface area contributed by atoms with Crippen LogP contribution in [0.5, 0.6) is 0 Å². The fourth-order valence-electron chi connectivity index (χ4n) is 2.75. The van der Waals surface area contributed by atoms with E-state index < -0.39 is 11.4 Å². The van der Waals surface area contributed by atoms with Crippen molar-refractivity contribution in [2.24, 2.45) is 5.41 Å². The lowest BCUT2D eigenvalue weighted by atomic mass is 9.90. The number of carbonyl (C=O) groups excluding carboxylic acids is 1. The fourth-order valence-corrected chi connectivity index (χ4v) is 3.23. The van der Waals surface area contributed by atoms with Gasteiger partial charge < -0.3 is 15.3 Å². The van der Waals surface area contributed by atoms with E-state index in [1.54, 1.807) is 13.0 Å². The molecule has 1 aliphatic heterocycles. The number of carbonyl (C=O) groups is 2. The molecule has 126 valence electrons. The third kappa shape index (κ3) is 4.02. The molecule has 1 aromatic rings. The lowest BCUT2D eigenvalue weighted by Gasteiger charge is -2.24. The van der Waals surface area contributed by atoms with Gasteiger partial charge in [0.15, 0.2) is 0 Å². The number of carboxylic acids is 1. The Balaban J connectivity index is 2.07. The van der Waals surface area contributed by atoms with Gasteiger partial charge in [0.25, 0.3) is 0 Å². The second-order valence-corrected chi connectivity index (χ2v) is 7.07. The third-order valence-electron chi connectivity index (χ3n) is 4.27. The Morgan fingerprint density at radius 2 is 2.17 bits per heavy atom. The molecule has 2 atom stereocenters. The number of benzene rings is 1. The van der Waals surface area contributed by atoms with Gasteiger partial charge in [-0.3, -0.25) is 4.79 Å². The number of nitrogens with zero attached hydrogens (tertiary/aromatic N) is 1. The molecule has 2 amide bonds. The van der Waals surface area contributed by atoms with Crippen molar-refractivity contribution < 1.29 is 19.1 Å². The average molecular weight is 387 g/mol. The highest BCUT2D eigenvalue weighted by atomic mass is 79.9. The van der Waals surface area contributed by atoms with Crippen LogP contribution in [0.3, 0.4) is 0 Å². The summed E-state index contributed by atoms with van der Waals surface area (Å²) in [5.74, 6) is -1.27. The number of aliphatic carboxylic acids is 1. The standard InChI is InChI=1S/C16H20BrFN2O3/c1-3-13(10-6-11(17)8-12(18)7-10)19-15(23)20-5-4-16(2,9-20)14(21)22/h6-8,13H,3-5,9H2,1-2H3,(H,19,23)(H,21,22). The SMILES string of the molecule is CCC(NC(=O)N1CCC(C)(C(=O)O)C1)c1cc(F)cc(Br)c1. The monoisotopic (exact) mass is 386 g/mol. The van der Waals surface area contributed by atoms with Crippen molar-refractivity contribution in [1.82, 2.24) is 10.2 Å². The minimum Gasteiger partial charge on any atom is -0.481 e. The van der Waals surface area contributed by atoms with E-state index in [9.17, 15) is 19.1 Å². The van der Waals surface area contributed by atoms with Crippen LogP contribution in [0.1, 0.15) is 38.3 Å². The summed E-state index contributed by atoms with van der Waals surface area (Å²) in [4.78, 5) is 25.2. The van der Waals surface area contributed by atoms with Gasteiger partial charge in [-0.05, 0) is 43.5 Å². The van der Waals surface area contributed by atoms with E-state index in [2.05, 4.69) is 21.2 Å². The summed E-state index contributed by atoms with van der Waals surface area (Å²) in [6.07, 6.45) is 1.03. The highest BCUT2D eigenvalue weighted by Crippen LogP contribution is 2.30. The molecule has 0 aliphatic carbocycles. The molecular weight excluding hydrogens is 367 g/mol. The zero-order valence-electron chi connectivity index (χ0n) is 13.1. The molecule has 1 aliphatic rings. The van der Waals surface area contributed by atoms with Crippen molar-refractivity contribution in [3.8, 4) is 0 Å². The summed E-state index contributed by atoms with van der Waals surface area (Å²) in [5, 5.41) is 12.1. The summed E-state index contributed by atoms with van der Waals surface area (Å²) in [6.45, 7) is 4.12. The van der Waals surface area contributed by atoms with Crippen molar-refractivity contribution in [2.45, 2.75) is 32.7 Å². The Morgan fingerprint density at radius 1 is 1.48 bits per heavy atom. The summed E-state index contributed by atoms with van der Waals surface area (Å²) >= 11 is 3.25. The van der Waals surface area contributed by atoms with Crippen molar-refractivity contribution >= 4 is 27.9 Å². The second-order valence-electron chi connectivity index (χ2n) is 6.15. The predicted octanol–water partition coefficient (Wildman–Crippen LogP) is 3.55. The number of rotatable bonds is 4. The maximum absolute atomic E-state index is 13.5. The molecule has 0 aromatic heterocycles. The van der Waals surface area contributed by atoms with Gasteiger partial charge in [0.2, 0.25) is 0 Å². The number of hydrogen-bond acceptors (Lipinski definition) is 2. The van der Waals surface area contributed by atoms with Gasteiger partial charge >= 0.3 is 12.0 Å². The highest BCUT2D eigenvalue weighted by molar-refractivity contribution is 9.10. The van der Waals surface area contributed by atoms with Gasteiger partial charge in [-0.1, -0.05) is 22.9 Å². The Hall–Kier alpha value is -1.63. The summed E-state index contributed by atoms with van der Waals surface area (Å²) in [6, 6.07) is 3.87. The van der Waals surface area contributed by atoms with Crippen LogP contribution in [-0.4, -0.2) is 35.1 Å². The van der Waals surface area contributed by atoms with Crippen LogP contribution < -0.4 is 5.32 Å². The predicted molar refractivity (Wildman–Crippen MR) is 87.6 cm³/mol. The first-order valence-corrected chi connectivity index (χ1v) is 8.29. The molecule has 2 N–H and O–H groups in total. The van der Waals surface area contributed by atoms with E-state index in [-0.39, 0.29) is 24.4 Å². The lowest BCUT2D eigenvalue weighted by molar-refractivity contribution is -0.147. The Bertz CT molecular complexity index is 605. The zero-order chi connectivity index (χ0) is 17.2. The van der Waals surface area contributed by atoms with Gasteiger partial charge in [0.05, 0.1) is 11.5 Å². The van der Waals surface area contributed by atoms with E-state index in [1.807, 2.05) is 6.92 Å². The molecule has 0 saturated carbocycles. The lowest BCUT2D eigenvalue weighted by Crippen LogP contribution is -2.42. The Labute approximate surface area is 143 Å². The van der Waals surface area contributed by atoms with Crippen LogP contribution in [0.15, 0.2) is 22.7 Å². The van der Waals surface area contributed by atoms with Gasteiger partial charge in [0.1, 0.15) is 5.82 Å². The quantitative estimate of drug-likeness (QED) is 0.830. The molecule has 1 aromatic carbocycles. The minimum absolute atomic E-state index is 0.178. The summed E-state index contributed by atoms with van der Waals surface area (Å²) in [5.41, 5.74) is -0.228. The van der Waals surface area contributed by atoms with Crippen LogP contribution >= 0.6 is 15.9 Å². The maximum atomic E-state index is 13.5. The van der Waals surface area contributed by atoms with E-state index in [0.717, 1.165) is 0 Å². The fraction of sp³-hybridized carbons (Fsp3) is 0.500. The number of hydrogen-bond donors (Lipinski definition) is 2. The average Bonchev–Trinajstić information content (AvgIpc) is 2.87. The largest absolute Gasteiger partial charge is 0.481 e. The van der Waals surface area contributed by atoms with Gasteiger partial charge in [0, 0.05) is 17.6 Å². The van der Waals surface area contributed by atoms with Crippen molar-refractivity contribution in [3.63, 3.8) is 0 Å². The normalized spacial score (nSPS) is 22.0. The second kappa shape index (κ2) is 6.86. The van der Waals surface area contributed by atoms with E-state index in [1.165, 1.54) is 17.0 Å². The topological polar surface area (TPSA) is 69.6 Å². The molecule has 0 bridgehead atoms. The Morgan fingerprint density at radius 3 is 2.70 bits per heavy atom. The van der Waals surface area contributed by atoms with Crippen molar-refractivity contribution in [3.05, 3.63) is 34.1 Å². The Kier molecular flexibility index (Phi) is 5.29. The molecule has 0 spiro atoms. The molecule has 7 heteroatoms. The van der Waals surface area contributed by atoms with Crippen molar-refractivity contribution in [1.29, 1.82) is 0 Å². The maximum Gasteiger partial charge on any atom is 0.317 e. The number of carboxylic acid groups (broad SMARTS) is 1. The first-order chi connectivity index (χ1) is 10.7. The van der Waals surface area contributed by atoms with Crippen molar-refractivity contribution in [2.75, 3.05) is 13.1 Å². The molecule has 23 heavy (non-hydrogen) atoms. The van der Waals surface area contributed by atoms with Gasteiger partial charge in [-0.15, -0.1) is 0 Å². The number of likely N-dealkylation sites (tertiary alicyclic amines) is 1. The van der Waals surface area contributed by atoms with E-state index in [4.69, 9.17) is 0 Å². The van der Waals surface area contributed by atoms with Gasteiger partial charge in [-0.25, -0.2) is 9.18 Å². The van der Waals surface area contributed by atoms with Crippen LogP contribution in [0.4, 0.5) is 9.18 Å². The molecule has 0 radical (unpaired) electrons. The summed E-state index contributed by atoms with van der Waals surface area (Å²) in [7, 11) is 0. The van der Waals surface area contributed by atoms with Crippen LogP contribution in [-0.2, 0) is 4.79 Å². The third-order valence-corrected chi connectivity index (χ3v) is 4.73.